The highest BCUT2D eigenvalue weighted by Gasteiger charge is 2.32. The quantitative estimate of drug-likeness (QED) is 0.908. The third-order valence-corrected chi connectivity index (χ3v) is 3.36. The Labute approximate surface area is 115 Å². The van der Waals surface area contributed by atoms with Gasteiger partial charge in [-0.05, 0) is 18.2 Å². The molecule has 1 N–H and O–H groups in total. The van der Waals surface area contributed by atoms with E-state index in [1.54, 1.807) is 48.5 Å². The number of fused-ring (bicyclic) bond motifs is 2. The molecule has 20 heavy (non-hydrogen) atoms. The number of carbonyl (C=O) groups excluding carboxylic acids is 1. The van der Waals surface area contributed by atoms with Crippen molar-refractivity contribution in [1.82, 2.24) is 0 Å². The Balaban J connectivity index is 2.19. The van der Waals surface area contributed by atoms with Gasteiger partial charge in [-0.15, -0.1) is 0 Å². The summed E-state index contributed by atoms with van der Waals surface area (Å²) in [6.45, 7) is 0. The summed E-state index contributed by atoms with van der Waals surface area (Å²) in [7, 11) is 0. The molecular formula is C16H12O4. The minimum absolute atomic E-state index is 0.215. The second-order valence-electron chi connectivity index (χ2n) is 4.65. The third kappa shape index (κ3) is 2.05. The third-order valence-electron chi connectivity index (χ3n) is 3.36. The maximum Gasteiger partial charge on any atom is 0.304 e. The monoisotopic (exact) mass is 268 g/mol. The number of hydrogen-bond acceptors (Lipinski definition) is 3. The zero-order chi connectivity index (χ0) is 14.1. The van der Waals surface area contributed by atoms with E-state index in [0.717, 1.165) is 0 Å². The molecule has 1 unspecified atom stereocenters. The number of ether oxygens (including phenoxy) is 1. The fraction of sp³-hybridized carbons (Fsp3) is 0.125. The van der Waals surface area contributed by atoms with Gasteiger partial charge in [-0.2, -0.15) is 0 Å². The first-order valence-corrected chi connectivity index (χ1v) is 6.28. The van der Waals surface area contributed by atoms with E-state index < -0.39 is 11.9 Å². The zero-order valence-electron chi connectivity index (χ0n) is 10.6. The summed E-state index contributed by atoms with van der Waals surface area (Å²) in [5.74, 6) is -0.923. The lowest BCUT2D eigenvalue weighted by atomic mass is 9.88. The zero-order valence-corrected chi connectivity index (χ0v) is 10.6. The molecule has 0 radical (unpaired) electrons. The van der Waals surface area contributed by atoms with Gasteiger partial charge in [0.25, 0.3) is 0 Å². The minimum atomic E-state index is -1.00. The van der Waals surface area contributed by atoms with Crippen LogP contribution in [-0.2, 0) is 4.79 Å². The van der Waals surface area contributed by atoms with Gasteiger partial charge >= 0.3 is 5.97 Å². The number of aliphatic carboxylic acids is 1. The van der Waals surface area contributed by atoms with E-state index >= 15 is 0 Å². The number of benzene rings is 2. The lowest BCUT2D eigenvalue weighted by molar-refractivity contribution is -0.137. The molecule has 0 bridgehead atoms. The first kappa shape index (κ1) is 12.4. The molecule has 1 aliphatic heterocycles. The Morgan fingerprint density at radius 2 is 1.70 bits per heavy atom. The molecule has 1 aliphatic rings. The fourth-order valence-corrected chi connectivity index (χ4v) is 2.45. The van der Waals surface area contributed by atoms with Crippen LogP contribution in [0.5, 0.6) is 11.5 Å². The molecule has 2 aromatic rings. The summed E-state index contributed by atoms with van der Waals surface area (Å²) in [5.41, 5.74) is 1.05. The molecular weight excluding hydrogens is 256 g/mol. The van der Waals surface area contributed by atoms with Crippen molar-refractivity contribution < 1.29 is 19.4 Å². The molecule has 0 saturated carbocycles. The number of carboxylic acids is 1. The summed E-state index contributed by atoms with van der Waals surface area (Å²) in [4.78, 5) is 23.6. The molecule has 0 aromatic heterocycles. The smallest absolute Gasteiger partial charge is 0.304 e. The van der Waals surface area contributed by atoms with Crippen molar-refractivity contribution in [2.24, 2.45) is 0 Å². The van der Waals surface area contributed by atoms with E-state index in [-0.39, 0.29) is 12.2 Å². The normalized spacial score (nSPS) is 16.6. The van der Waals surface area contributed by atoms with Crippen LogP contribution in [-0.4, -0.2) is 16.9 Å². The molecule has 3 rings (SSSR count). The van der Waals surface area contributed by atoms with Crippen molar-refractivity contribution in [2.75, 3.05) is 0 Å². The molecule has 2 aromatic carbocycles. The van der Waals surface area contributed by atoms with E-state index in [9.17, 15) is 9.59 Å². The predicted octanol–water partition coefficient (Wildman–Crippen LogP) is 3.23. The van der Waals surface area contributed by atoms with Crippen LogP contribution >= 0.6 is 0 Å². The molecule has 0 fully saturated rings. The van der Waals surface area contributed by atoms with Gasteiger partial charge in [-0.3, -0.25) is 9.59 Å². The highest BCUT2D eigenvalue weighted by molar-refractivity contribution is 6.05. The molecule has 0 aliphatic carbocycles. The van der Waals surface area contributed by atoms with Crippen molar-refractivity contribution in [3.63, 3.8) is 0 Å². The van der Waals surface area contributed by atoms with Gasteiger partial charge < -0.3 is 9.84 Å². The second-order valence-corrected chi connectivity index (χ2v) is 4.65. The SMILES string of the molecule is O=C(O)CC1C(=O)c2ccccc2Oc2ccccc21. The Bertz CT molecular complexity index is 690. The molecule has 0 amide bonds. The standard InChI is InChI=1S/C16H12O4/c17-15(18)9-12-10-5-1-3-7-13(10)20-14-8-4-2-6-11(14)16(12)19/h1-8,12H,9H2,(H,17,18). The minimum Gasteiger partial charge on any atom is -0.481 e. The van der Waals surface area contributed by atoms with Crippen LogP contribution < -0.4 is 4.74 Å². The molecule has 1 atom stereocenters. The highest BCUT2D eigenvalue weighted by Crippen LogP contribution is 2.40. The molecule has 0 spiro atoms. The Hall–Kier alpha value is -2.62. The lowest BCUT2D eigenvalue weighted by Crippen LogP contribution is -2.15. The molecule has 4 nitrogen and oxygen atoms in total. The maximum absolute atomic E-state index is 12.6. The number of carbonyl (C=O) groups is 2. The lowest BCUT2D eigenvalue weighted by Gasteiger charge is -2.13. The van der Waals surface area contributed by atoms with Gasteiger partial charge in [0, 0.05) is 5.56 Å². The van der Waals surface area contributed by atoms with Crippen LogP contribution in [0.2, 0.25) is 0 Å². The van der Waals surface area contributed by atoms with Crippen molar-refractivity contribution in [1.29, 1.82) is 0 Å². The summed E-state index contributed by atoms with van der Waals surface area (Å²) in [6.07, 6.45) is -0.243. The Morgan fingerprint density at radius 1 is 1.05 bits per heavy atom. The van der Waals surface area contributed by atoms with Crippen LogP contribution in [0, 0.1) is 0 Å². The highest BCUT2D eigenvalue weighted by atomic mass is 16.5. The van der Waals surface area contributed by atoms with Crippen LogP contribution in [0.25, 0.3) is 0 Å². The Morgan fingerprint density at radius 3 is 2.45 bits per heavy atom. The van der Waals surface area contributed by atoms with Crippen LogP contribution in [0.15, 0.2) is 48.5 Å². The summed E-state index contributed by atoms with van der Waals surface area (Å²) in [6, 6.07) is 14.0. The predicted molar refractivity (Wildman–Crippen MR) is 72.3 cm³/mol. The van der Waals surface area contributed by atoms with E-state index in [1.165, 1.54) is 0 Å². The summed E-state index contributed by atoms with van der Waals surface area (Å²) < 4.78 is 5.77. The van der Waals surface area contributed by atoms with E-state index in [4.69, 9.17) is 9.84 Å². The number of carboxylic acid groups (broad SMARTS) is 1. The summed E-state index contributed by atoms with van der Waals surface area (Å²) >= 11 is 0. The van der Waals surface area contributed by atoms with Crippen molar-refractivity contribution in [2.45, 2.75) is 12.3 Å². The maximum atomic E-state index is 12.6. The average Bonchev–Trinajstić information content (AvgIpc) is 2.55. The first-order chi connectivity index (χ1) is 9.66. The van der Waals surface area contributed by atoms with Crippen molar-refractivity contribution >= 4 is 11.8 Å². The molecule has 4 heteroatoms. The second kappa shape index (κ2) is 4.81. The van der Waals surface area contributed by atoms with Crippen LogP contribution in [0.4, 0.5) is 0 Å². The number of para-hydroxylation sites is 2. The van der Waals surface area contributed by atoms with Gasteiger partial charge in [0.15, 0.2) is 5.78 Å². The topological polar surface area (TPSA) is 63.6 Å². The largest absolute Gasteiger partial charge is 0.481 e. The Kier molecular flexibility index (Phi) is 2.99. The molecule has 0 saturated heterocycles. The first-order valence-electron chi connectivity index (χ1n) is 6.28. The fourth-order valence-electron chi connectivity index (χ4n) is 2.45. The summed E-state index contributed by atoms with van der Waals surface area (Å²) in [5, 5.41) is 9.06. The van der Waals surface area contributed by atoms with E-state index in [2.05, 4.69) is 0 Å². The van der Waals surface area contributed by atoms with Gasteiger partial charge in [0.1, 0.15) is 11.5 Å². The number of Topliss-reactive ketones (excluding diaryl/α,β-unsaturated/α-hetero) is 1. The van der Waals surface area contributed by atoms with E-state index in [1.807, 2.05) is 0 Å². The molecule has 100 valence electrons. The average molecular weight is 268 g/mol. The van der Waals surface area contributed by atoms with E-state index in [0.29, 0.717) is 22.6 Å². The van der Waals surface area contributed by atoms with Crippen LogP contribution in [0.3, 0.4) is 0 Å². The van der Waals surface area contributed by atoms with Gasteiger partial charge in [0.2, 0.25) is 0 Å². The van der Waals surface area contributed by atoms with Gasteiger partial charge in [-0.25, -0.2) is 0 Å². The van der Waals surface area contributed by atoms with Gasteiger partial charge in [0.05, 0.1) is 17.9 Å². The van der Waals surface area contributed by atoms with Crippen LogP contribution in [0.1, 0.15) is 28.3 Å². The number of rotatable bonds is 2. The van der Waals surface area contributed by atoms with Crippen molar-refractivity contribution in [3.8, 4) is 11.5 Å². The van der Waals surface area contributed by atoms with Gasteiger partial charge in [-0.1, -0.05) is 30.3 Å². The number of ketones is 1. The number of hydrogen-bond donors (Lipinski definition) is 1. The molecule has 1 heterocycles. The van der Waals surface area contributed by atoms with Crippen molar-refractivity contribution in [3.05, 3.63) is 59.7 Å².